The number of nitrogens with one attached hydrogen (secondary N) is 2. The second kappa shape index (κ2) is 10.2. The van der Waals surface area contributed by atoms with E-state index in [9.17, 15) is 9.18 Å². The minimum absolute atomic E-state index is 0.225. The lowest BCUT2D eigenvalue weighted by atomic mass is 10.1. The van der Waals surface area contributed by atoms with Crippen LogP contribution in [-0.2, 0) is 6.54 Å². The van der Waals surface area contributed by atoms with E-state index < -0.39 is 5.91 Å². The molecular weight excluding hydrogens is 347 g/mol. The van der Waals surface area contributed by atoms with Crippen LogP contribution in [0.3, 0.4) is 0 Å². The van der Waals surface area contributed by atoms with Gasteiger partial charge >= 0.3 is 0 Å². The Labute approximate surface area is 158 Å². The van der Waals surface area contributed by atoms with E-state index in [2.05, 4.69) is 15.6 Å². The molecule has 1 unspecified atom stereocenters. The van der Waals surface area contributed by atoms with E-state index in [0.29, 0.717) is 31.2 Å². The number of nitrogens with zero attached hydrogens (tertiary/aromatic N) is 1. The second-order valence-electron chi connectivity index (χ2n) is 6.00. The molecule has 0 aliphatic rings. The summed E-state index contributed by atoms with van der Waals surface area (Å²) in [5.41, 5.74) is 6.65. The topological polar surface area (TPSA) is 88.7 Å². The van der Waals surface area contributed by atoms with Gasteiger partial charge in [-0.2, -0.15) is 0 Å². The Morgan fingerprint density at radius 3 is 2.52 bits per heavy atom. The number of primary amides is 1. The smallest absolute Gasteiger partial charge is 0.248 e. The number of benzene rings is 2. The summed E-state index contributed by atoms with van der Waals surface area (Å²) in [6.07, 6.45) is -0.249. The van der Waals surface area contributed by atoms with Crippen LogP contribution >= 0.6 is 0 Å². The predicted octanol–water partition coefficient (Wildman–Crippen LogP) is 2.45. The minimum Gasteiger partial charge on any atom is -0.486 e. The highest BCUT2D eigenvalue weighted by atomic mass is 19.1. The van der Waals surface area contributed by atoms with Gasteiger partial charge in [-0.3, -0.25) is 4.79 Å². The maximum absolute atomic E-state index is 13.6. The van der Waals surface area contributed by atoms with Crippen molar-refractivity contribution in [2.75, 3.05) is 13.1 Å². The van der Waals surface area contributed by atoms with Crippen molar-refractivity contribution in [3.05, 3.63) is 65.5 Å². The van der Waals surface area contributed by atoms with E-state index in [4.69, 9.17) is 10.5 Å². The van der Waals surface area contributed by atoms with Gasteiger partial charge in [0.05, 0.1) is 13.1 Å². The van der Waals surface area contributed by atoms with Crippen LogP contribution in [0.1, 0.15) is 29.8 Å². The summed E-state index contributed by atoms with van der Waals surface area (Å²) in [5.74, 6) is 0.0111. The fraction of sp³-hybridized carbons (Fsp3) is 0.300. The number of ether oxygens (including phenoxy) is 1. The first kappa shape index (κ1) is 20.2. The van der Waals surface area contributed by atoms with Gasteiger partial charge in [-0.1, -0.05) is 24.3 Å². The zero-order valence-corrected chi connectivity index (χ0v) is 15.5. The molecule has 2 aromatic rings. The molecule has 2 rings (SSSR count). The number of carbonyl (C=O) groups is 1. The Kier molecular flexibility index (Phi) is 7.61. The first-order valence-electron chi connectivity index (χ1n) is 8.81. The number of para-hydroxylation sites is 1. The highest BCUT2D eigenvalue weighted by molar-refractivity contribution is 5.92. The molecule has 144 valence electrons. The number of halogens is 1. The van der Waals surface area contributed by atoms with Crippen molar-refractivity contribution >= 4 is 11.9 Å². The van der Waals surface area contributed by atoms with E-state index in [1.807, 2.05) is 26.0 Å². The Bertz CT molecular complexity index is 778. The summed E-state index contributed by atoms with van der Waals surface area (Å²) < 4.78 is 19.3. The van der Waals surface area contributed by atoms with Crippen LogP contribution in [0.4, 0.5) is 4.39 Å². The molecule has 27 heavy (non-hydrogen) atoms. The Morgan fingerprint density at radius 2 is 1.89 bits per heavy atom. The summed E-state index contributed by atoms with van der Waals surface area (Å²) in [5, 5.41) is 6.33. The zero-order chi connectivity index (χ0) is 19.6. The van der Waals surface area contributed by atoms with Crippen molar-refractivity contribution in [1.82, 2.24) is 10.6 Å². The molecule has 0 fully saturated rings. The molecule has 7 heteroatoms. The molecule has 6 nitrogen and oxygen atoms in total. The number of carbonyl (C=O) groups excluding carboxylic acids is 1. The Balaban J connectivity index is 1.90. The molecule has 2 aromatic carbocycles. The number of guanidine groups is 1. The van der Waals surface area contributed by atoms with Crippen molar-refractivity contribution in [1.29, 1.82) is 0 Å². The average Bonchev–Trinajstić information content (AvgIpc) is 2.66. The first-order valence-corrected chi connectivity index (χ1v) is 8.81. The standard InChI is InChI=1S/C20H25FN4O2/c1-3-23-20(25-13-15-8-10-16(11-9-15)19(22)26)24-12-14(2)27-18-7-5-4-6-17(18)21/h4-11,14H,3,12-13H2,1-2H3,(H2,22,26)(H2,23,24,25). The second-order valence-corrected chi connectivity index (χ2v) is 6.00. The van der Waals surface area contributed by atoms with E-state index in [0.717, 1.165) is 5.56 Å². The van der Waals surface area contributed by atoms with Crippen molar-refractivity contribution in [3.8, 4) is 5.75 Å². The molecule has 0 saturated heterocycles. The maximum Gasteiger partial charge on any atom is 0.248 e. The lowest BCUT2D eigenvalue weighted by Gasteiger charge is -2.18. The molecular formula is C20H25FN4O2. The molecule has 0 spiro atoms. The quantitative estimate of drug-likeness (QED) is 0.491. The number of rotatable bonds is 8. The largest absolute Gasteiger partial charge is 0.486 e. The van der Waals surface area contributed by atoms with E-state index >= 15 is 0 Å². The number of hydrogen-bond donors (Lipinski definition) is 3. The highest BCUT2D eigenvalue weighted by Gasteiger charge is 2.09. The molecule has 1 amide bonds. The third-order valence-electron chi connectivity index (χ3n) is 3.72. The van der Waals surface area contributed by atoms with E-state index in [-0.39, 0.29) is 17.7 Å². The Morgan fingerprint density at radius 1 is 1.19 bits per heavy atom. The van der Waals surface area contributed by atoms with Crippen LogP contribution in [0.15, 0.2) is 53.5 Å². The van der Waals surface area contributed by atoms with Crippen LogP contribution < -0.4 is 21.1 Å². The normalized spacial score (nSPS) is 12.3. The molecule has 1 atom stereocenters. The molecule has 0 bridgehead atoms. The van der Waals surface area contributed by atoms with Crippen LogP contribution in [0, 0.1) is 5.82 Å². The van der Waals surface area contributed by atoms with Gasteiger partial charge in [0, 0.05) is 12.1 Å². The van der Waals surface area contributed by atoms with Crippen molar-refractivity contribution < 1.29 is 13.9 Å². The molecule has 0 aromatic heterocycles. The van der Waals surface area contributed by atoms with Gasteiger partial charge in [-0.15, -0.1) is 0 Å². The van der Waals surface area contributed by atoms with Crippen molar-refractivity contribution in [2.45, 2.75) is 26.5 Å². The minimum atomic E-state index is -0.455. The fourth-order valence-electron chi connectivity index (χ4n) is 2.33. The number of amides is 1. The molecule has 0 aliphatic carbocycles. The van der Waals surface area contributed by atoms with Gasteiger partial charge in [0.1, 0.15) is 6.10 Å². The van der Waals surface area contributed by atoms with Gasteiger partial charge in [-0.25, -0.2) is 9.38 Å². The molecule has 0 aliphatic heterocycles. The maximum atomic E-state index is 13.6. The van der Waals surface area contributed by atoms with Crippen molar-refractivity contribution in [3.63, 3.8) is 0 Å². The SMILES string of the molecule is CCNC(=NCc1ccc(C(N)=O)cc1)NCC(C)Oc1ccccc1F. The lowest BCUT2D eigenvalue weighted by molar-refractivity contribution is 0.100. The molecule has 0 radical (unpaired) electrons. The average molecular weight is 372 g/mol. The molecule has 0 heterocycles. The summed E-state index contributed by atoms with van der Waals surface area (Å²) in [4.78, 5) is 15.6. The third kappa shape index (κ3) is 6.62. The number of hydrogen-bond acceptors (Lipinski definition) is 3. The number of nitrogens with two attached hydrogens (primary N) is 1. The molecule has 0 saturated carbocycles. The van der Waals surface area contributed by atoms with Crippen LogP contribution in [-0.4, -0.2) is 31.1 Å². The van der Waals surface area contributed by atoms with Gasteiger partial charge < -0.3 is 21.1 Å². The van der Waals surface area contributed by atoms with Crippen LogP contribution in [0.2, 0.25) is 0 Å². The summed E-state index contributed by atoms with van der Waals surface area (Å²) in [6, 6.07) is 13.3. The summed E-state index contributed by atoms with van der Waals surface area (Å²) in [7, 11) is 0. The number of aliphatic imine (C=N–C) groups is 1. The van der Waals surface area contributed by atoms with Gasteiger partial charge in [0.15, 0.2) is 17.5 Å². The third-order valence-corrected chi connectivity index (χ3v) is 3.72. The highest BCUT2D eigenvalue weighted by Crippen LogP contribution is 2.16. The predicted molar refractivity (Wildman–Crippen MR) is 104 cm³/mol. The van der Waals surface area contributed by atoms with Gasteiger partial charge in [-0.05, 0) is 43.7 Å². The summed E-state index contributed by atoms with van der Waals surface area (Å²) in [6.45, 7) is 5.43. The molecule has 4 N–H and O–H groups in total. The fourth-order valence-corrected chi connectivity index (χ4v) is 2.33. The first-order chi connectivity index (χ1) is 13.0. The monoisotopic (exact) mass is 372 g/mol. The van der Waals surface area contributed by atoms with E-state index in [1.54, 1.807) is 30.3 Å². The van der Waals surface area contributed by atoms with E-state index in [1.165, 1.54) is 6.07 Å². The lowest BCUT2D eigenvalue weighted by Crippen LogP contribution is -2.41. The van der Waals surface area contributed by atoms with Gasteiger partial charge in [0.2, 0.25) is 5.91 Å². The van der Waals surface area contributed by atoms with Crippen LogP contribution in [0.5, 0.6) is 5.75 Å². The zero-order valence-electron chi connectivity index (χ0n) is 15.5. The van der Waals surface area contributed by atoms with Crippen molar-refractivity contribution in [2.24, 2.45) is 10.7 Å². The van der Waals surface area contributed by atoms with Crippen LogP contribution in [0.25, 0.3) is 0 Å². The summed E-state index contributed by atoms with van der Waals surface area (Å²) >= 11 is 0. The Hall–Kier alpha value is -3.09. The van der Waals surface area contributed by atoms with Gasteiger partial charge in [0.25, 0.3) is 0 Å².